The van der Waals surface area contributed by atoms with E-state index in [0.717, 1.165) is 33.5 Å². The lowest BCUT2D eigenvalue weighted by Crippen LogP contribution is -3.00. The molecule has 0 radical (unpaired) electrons. The largest absolute Gasteiger partial charge is 1.00 e. The van der Waals surface area contributed by atoms with Crippen molar-refractivity contribution in [3.63, 3.8) is 0 Å². The smallest absolute Gasteiger partial charge is 0.223 e. The van der Waals surface area contributed by atoms with Crippen LogP contribution in [0.2, 0.25) is 0 Å². The predicted octanol–water partition coefficient (Wildman–Crippen LogP) is 1.61. The fourth-order valence-electron chi connectivity index (χ4n) is 3.73. The third-order valence-corrected chi connectivity index (χ3v) is 5.41. The SMILES string of the molecule is CC(=O)N(C)c1cc(/C=C/c2c(C)[nH]c3ccccc23)[n+](C)c2ccccc12.[I-]. The van der Waals surface area contributed by atoms with Crippen LogP contribution < -0.4 is 33.4 Å². The number of para-hydroxylation sites is 2. The molecule has 2 heterocycles. The van der Waals surface area contributed by atoms with Gasteiger partial charge < -0.3 is 33.9 Å². The number of carbonyl (C=O) groups excluding carboxylic acids is 1. The molecule has 5 heteroatoms. The van der Waals surface area contributed by atoms with Crippen molar-refractivity contribution in [3.8, 4) is 0 Å². The average Bonchev–Trinajstić information content (AvgIpc) is 3.02. The van der Waals surface area contributed by atoms with Gasteiger partial charge in [-0.25, -0.2) is 0 Å². The summed E-state index contributed by atoms with van der Waals surface area (Å²) < 4.78 is 2.16. The summed E-state index contributed by atoms with van der Waals surface area (Å²) in [5.74, 6) is 0.0152. The molecule has 0 aliphatic heterocycles. The summed E-state index contributed by atoms with van der Waals surface area (Å²) in [6.45, 7) is 3.68. The van der Waals surface area contributed by atoms with Crippen LogP contribution >= 0.6 is 0 Å². The summed E-state index contributed by atoms with van der Waals surface area (Å²) in [6, 6.07) is 18.6. The number of amides is 1. The monoisotopic (exact) mass is 497 g/mol. The van der Waals surface area contributed by atoms with Gasteiger partial charge in [0.2, 0.25) is 17.1 Å². The topological polar surface area (TPSA) is 40.0 Å². The second kappa shape index (κ2) is 8.37. The van der Waals surface area contributed by atoms with E-state index in [1.807, 2.05) is 25.2 Å². The van der Waals surface area contributed by atoms with Crippen molar-refractivity contribution in [3.05, 3.63) is 71.5 Å². The van der Waals surface area contributed by atoms with Gasteiger partial charge in [-0.15, -0.1) is 0 Å². The number of pyridine rings is 1. The number of H-pyrrole nitrogens is 1. The second-order valence-electron chi connectivity index (χ2n) is 7.15. The van der Waals surface area contributed by atoms with Gasteiger partial charge in [0.05, 0.1) is 11.1 Å². The van der Waals surface area contributed by atoms with Crippen LogP contribution in [0.3, 0.4) is 0 Å². The number of hydrogen-bond donors (Lipinski definition) is 1. The van der Waals surface area contributed by atoms with Crippen molar-refractivity contribution >= 4 is 45.6 Å². The number of aromatic nitrogens is 2. The maximum Gasteiger partial charge on any atom is 0.223 e. The first-order valence-corrected chi connectivity index (χ1v) is 9.39. The Bertz CT molecular complexity index is 1240. The lowest BCUT2D eigenvalue weighted by atomic mass is 10.1. The third kappa shape index (κ3) is 3.79. The summed E-state index contributed by atoms with van der Waals surface area (Å²) >= 11 is 0. The van der Waals surface area contributed by atoms with E-state index >= 15 is 0 Å². The molecule has 1 N–H and O–H groups in total. The van der Waals surface area contributed by atoms with Gasteiger partial charge >= 0.3 is 0 Å². The van der Waals surface area contributed by atoms with Gasteiger partial charge in [0.1, 0.15) is 7.05 Å². The van der Waals surface area contributed by atoms with Gasteiger partial charge in [-0.2, -0.15) is 4.57 Å². The molecule has 4 rings (SSSR count). The van der Waals surface area contributed by atoms with Crippen molar-refractivity contribution in [2.45, 2.75) is 13.8 Å². The van der Waals surface area contributed by atoms with Crippen LogP contribution in [0, 0.1) is 6.92 Å². The van der Waals surface area contributed by atoms with E-state index in [1.165, 1.54) is 10.9 Å². The zero-order chi connectivity index (χ0) is 19.8. The highest BCUT2D eigenvalue weighted by atomic mass is 127. The lowest BCUT2D eigenvalue weighted by Gasteiger charge is -2.17. The molecule has 2 aromatic carbocycles. The Kier molecular flexibility index (Phi) is 6.07. The number of anilines is 1. The van der Waals surface area contributed by atoms with E-state index in [-0.39, 0.29) is 29.9 Å². The van der Waals surface area contributed by atoms with E-state index < -0.39 is 0 Å². The van der Waals surface area contributed by atoms with E-state index in [2.05, 4.69) is 72.1 Å². The fourth-order valence-corrected chi connectivity index (χ4v) is 3.73. The van der Waals surface area contributed by atoms with Crippen molar-refractivity contribution in [1.82, 2.24) is 4.98 Å². The Morgan fingerprint density at radius 1 is 1.03 bits per heavy atom. The van der Waals surface area contributed by atoms with E-state index in [0.29, 0.717) is 0 Å². The van der Waals surface area contributed by atoms with Gasteiger partial charge in [0.15, 0.2) is 0 Å². The quantitative estimate of drug-likeness (QED) is 0.339. The highest BCUT2D eigenvalue weighted by Crippen LogP contribution is 2.27. The summed E-state index contributed by atoms with van der Waals surface area (Å²) in [4.78, 5) is 17.2. The maximum atomic E-state index is 12.0. The number of benzene rings is 2. The molecular formula is C24H24IN3O. The van der Waals surface area contributed by atoms with E-state index in [4.69, 9.17) is 0 Å². The van der Waals surface area contributed by atoms with E-state index in [1.54, 1.807) is 11.8 Å². The highest BCUT2D eigenvalue weighted by molar-refractivity contribution is 6.01. The van der Waals surface area contributed by atoms with Crippen LogP contribution in [0.4, 0.5) is 5.69 Å². The Labute approximate surface area is 187 Å². The molecule has 0 fully saturated rings. The third-order valence-electron chi connectivity index (χ3n) is 5.41. The molecule has 0 aliphatic rings. The van der Waals surface area contributed by atoms with Crippen molar-refractivity contribution < 1.29 is 33.3 Å². The molecule has 0 spiro atoms. The normalized spacial score (nSPS) is 11.2. The summed E-state index contributed by atoms with van der Waals surface area (Å²) in [6.07, 6.45) is 4.27. The first-order chi connectivity index (χ1) is 13.5. The van der Waals surface area contributed by atoms with Crippen molar-refractivity contribution in [2.24, 2.45) is 7.05 Å². The first kappa shape index (κ1) is 21.0. The number of rotatable bonds is 3. The number of nitrogens with one attached hydrogen (secondary N) is 1. The Morgan fingerprint density at radius 3 is 2.41 bits per heavy atom. The number of aromatic amines is 1. The van der Waals surface area contributed by atoms with Crippen LogP contribution in [0.25, 0.3) is 34.0 Å². The number of nitrogens with zero attached hydrogens (tertiary/aromatic N) is 2. The van der Waals surface area contributed by atoms with Crippen LogP contribution in [0.1, 0.15) is 23.9 Å². The van der Waals surface area contributed by atoms with Gasteiger partial charge in [-0.1, -0.05) is 30.3 Å². The summed E-state index contributed by atoms with van der Waals surface area (Å²) in [5, 5.41) is 2.27. The second-order valence-corrected chi connectivity index (χ2v) is 7.15. The Morgan fingerprint density at radius 2 is 1.69 bits per heavy atom. The molecule has 2 aromatic heterocycles. The maximum absolute atomic E-state index is 12.0. The minimum Gasteiger partial charge on any atom is -1.00 e. The molecule has 0 saturated heterocycles. The standard InChI is InChI=1S/C24H23N3O.HI/c1-16-19(20-9-5-7-11-22(20)25-16)14-13-18-15-24(26(3)17(2)28)21-10-6-8-12-23(21)27(18)4;/h5-15H,1-4H3;1H. The number of fused-ring (bicyclic) bond motifs is 2. The van der Waals surface area contributed by atoms with Gasteiger partial charge in [-0.05, 0) is 25.1 Å². The van der Waals surface area contributed by atoms with Gasteiger partial charge in [-0.3, -0.25) is 4.79 Å². The summed E-state index contributed by atoms with van der Waals surface area (Å²) in [7, 11) is 3.88. The molecule has 0 unspecified atom stereocenters. The first-order valence-electron chi connectivity index (χ1n) is 9.39. The Balaban J connectivity index is 0.00000240. The van der Waals surface area contributed by atoms with E-state index in [9.17, 15) is 4.79 Å². The predicted molar refractivity (Wildman–Crippen MR) is 116 cm³/mol. The molecule has 148 valence electrons. The lowest BCUT2D eigenvalue weighted by molar-refractivity contribution is -0.646. The Hall–Kier alpha value is -2.67. The van der Waals surface area contributed by atoms with Crippen LogP contribution in [0.5, 0.6) is 0 Å². The minimum absolute atomic E-state index is 0. The molecule has 0 aliphatic carbocycles. The molecule has 1 amide bonds. The molecule has 0 saturated carbocycles. The molecule has 0 atom stereocenters. The molecule has 29 heavy (non-hydrogen) atoms. The van der Waals surface area contributed by atoms with Crippen LogP contribution in [-0.2, 0) is 11.8 Å². The van der Waals surface area contributed by atoms with Gasteiger partial charge in [0, 0.05) is 54.3 Å². The van der Waals surface area contributed by atoms with Crippen LogP contribution in [-0.4, -0.2) is 17.9 Å². The summed E-state index contributed by atoms with van der Waals surface area (Å²) in [5.41, 5.74) is 6.50. The van der Waals surface area contributed by atoms with Crippen molar-refractivity contribution in [1.29, 1.82) is 0 Å². The van der Waals surface area contributed by atoms with Crippen molar-refractivity contribution in [2.75, 3.05) is 11.9 Å². The molecule has 4 nitrogen and oxygen atoms in total. The number of hydrogen-bond acceptors (Lipinski definition) is 1. The fraction of sp³-hybridized carbons (Fsp3) is 0.167. The number of carbonyl (C=O) groups is 1. The molecule has 0 bridgehead atoms. The average molecular weight is 497 g/mol. The number of aryl methyl sites for hydroxylation is 2. The minimum atomic E-state index is 0. The molecular weight excluding hydrogens is 473 g/mol. The molecule has 4 aromatic rings. The zero-order valence-corrected chi connectivity index (χ0v) is 19.2. The van der Waals surface area contributed by atoms with Crippen LogP contribution in [0.15, 0.2) is 54.6 Å². The van der Waals surface area contributed by atoms with Gasteiger partial charge in [0.25, 0.3) is 0 Å². The highest BCUT2D eigenvalue weighted by Gasteiger charge is 2.18. The zero-order valence-electron chi connectivity index (χ0n) is 17.0. The number of halogens is 1.